The highest BCUT2D eigenvalue weighted by atomic mass is 32.1. The van der Waals surface area contributed by atoms with Crippen molar-refractivity contribution in [1.82, 2.24) is 10.3 Å². The number of nitrogens with one attached hydrogen (secondary N) is 1. The molecule has 1 aromatic carbocycles. The molecule has 5 nitrogen and oxygen atoms in total. The number of benzene rings is 1. The second-order valence-corrected chi connectivity index (χ2v) is 6.66. The van der Waals surface area contributed by atoms with Crippen molar-refractivity contribution in [2.45, 2.75) is 31.7 Å². The first kappa shape index (κ1) is 15.7. The lowest BCUT2D eigenvalue weighted by Crippen LogP contribution is -2.34. The molecule has 120 valence electrons. The standard InChI is InChI=1S/C17H18N2O3S/c20-15(18-13-7-6-12(8-13)17(21)22)9-14-10-23-16(19-14)11-4-2-1-3-5-11/h1-5,10,12-13H,6-9H2,(H,18,20)(H,21,22)/t12-,13+/m0/s1. The number of hydrogen-bond acceptors (Lipinski definition) is 4. The van der Waals surface area contributed by atoms with Crippen LogP contribution in [-0.4, -0.2) is 28.0 Å². The summed E-state index contributed by atoms with van der Waals surface area (Å²) >= 11 is 1.52. The number of hydrogen-bond donors (Lipinski definition) is 2. The zero-order valence-corrected chi connectivity index (χ0v) is 13.4. The second-order valence-electron chi connectivity index (χ2n) is 5.80. The molecule has 0 aliphatic heterocycles. The van der Waals surface area contributed by atoms with E-state index >= 15 is 0 Å². The lowest BCUT2D eigenvalue weighted by Gasteiger charge is -2.11. The quantitative estimate of drug-likeness (QED) is 0.883. The molecule has 3 rings (SSSR count). The van der Waals surface area contributed by atoms with Crippen LogP contribution in [0.3, 0.4) is 0 Å². The predicted molar refractivity (Wildman–Crippen MR) is 88.2 cm³/mol. The molecule has 1 heterocycles. The van der Waals surface area contributed by atoms with Gasteiger partial charge in [0.05, 0.1) is 18.0 Å². The van der Waals surface area contributed by atoms with Crippen LogP contribution < -0.4 is 5.32 Å². The molecular formula is C17H18N2O3S. The van der Waals surface area contributed by atoms with Gasteiger partial charge in [-0.2, -0.15) is 0 Å². The lowest BCUT2D eigenvalue weighted by molar-refractivity contribution is -0.141. The van der Waals surface area contributed by atoms with E-state index in [1.165, 1.54) is 11.3 Å². The maximum absolute atomic E-state index is 12.1. The minimum atomic E-state index is -0.770. The first-order valence-corrected chi connectivity index (χ1v) is 8.52. The zero-order chi connectivity index (χ0) is 16.2. The molecule has 6 heteroatoms. The number of carbonyl (C=O) groups excluding carboxylic acids is 1. The molecule has 1 fully saturated rings. The van der Waals surface area contributed by atoms with Crippen LogP contribution in [-0.2, 0) is 16.0 Å². The molecule has 2 N–H and O–H groups in total. The molecule has 0 unspecified atom stereocenters. The highest BCUT2D eigenvalue weighted by Gasteiger charge is 2.30. The molecular weight excluding hydrogens is 312 g/mol. The molecule has 0 spiro atoms. The predicted octanol–water partition coefficient (Wildman–Crippen LogP) is 2.72. The Kier molecular flexibility index (Phi) is 4.71. The Morgan fingerprint density at radius 1 is 1.26 bits per heavy atom. The van der Waals surface area contributed by atoms with E-state index in [1.54, 1.807) is 0 Å². The van der Waals surface area contributed by atoms with Crippen LogP contribution in [0.2, 0.25) is 0 Å². The molecule has 2 aromatic rings. The van der Waals surface area contributed by atoms with Crippen molar-refractivity contribution in [1.29, 1.82) is 0 Å². The highest BCUT2D eigenvalue weighted by Crippen LogP contribution is 2.26. The fourth-order valence-electron chi connectivity index (χ4n) is 2.88. The number of aliphatic carboxylic acids is 1. The Morgan fingerprint density at radius 3 is 2.74 bits per heavy atom. The SMILES string of the molecule is O=C(Cc1csc(-c2ccccc2)n1)N[C@@H]1CC[C@H](C(=O)O)C1. The van der Waals surface area contributed by atoms with Gasteiger partial charge in [-0.1, -0.05) is 30.3 Å². The lowest BCUT2D eigenvalue weighted by atomic mass is 10.1. The fourth-order valence-corrected chi connectivity index (χ4v) is 3.71. The van der Waals surface area contributed by atoms with E-state index < -0.39 is 5.97 Å². The Morgan fingerprint density at radius 2 is 2.04 bits per heavy atom. The normalized spacial score (nSPS) is 20.3. The van der Waals surface area contributed by atoms with Gasteiger partial charge < -0.3 is 10.4 Å². The van der Waals surface area contributed by atoms with E-state index in [4.69, 9.17) is 5.11 Å². The number of carbonyl (C=O) groups is 2. The number of aromatic nitrogens is 1. The van der Waals surface area contributed by atoms with Crippen molar-refractivity contribution in [2.75, 3.05) is 0 Å². The minimum Gasteiger partial charge on any atom is -0.481 e. The molecule has 1 aliphatic carbocycles. The summed E-state index contributed by atoms with van der Waals surface area (Å²) in [7, 11) is 0. The van der Waals surface area contributed by atoms with Gasteiger partial charge in [-0.25, -0.2) is 4.98 Å². The summed E-state index contributed by atoms with van der Waals surface area (Å²) < 4.78 is 0. The van der Waals surface area contributed by atoms with Crippen LogP contribution in [0.4, 0.5) is 0 Å². The first-order valence-electron chi connectivity index (χ1n) is 7.64. The van der Waals surface area contributed by atoms with E-state index in [0.29, 0.717) is 12.8 Å². The van der Waals surface area contributed by atoms with Gasteiger partial charge in [0.25, 0.3) is 0 Å². The third kappa shape index (κ3) is 3.96. The van der Waals surface area contributed by atoms with Crippen LogP contribution in [0.25, 0.3) is 10.6 Å². The summed E-state index contributed by atoms with van der Waals surface area (Å²) in [5, 5.41) is 14.7. The molecule has 0 saturated heterocycles. The summed E-state index contributed by atoms with van der Waals surface area (Å²) in [4.78, 5) is 27.5. The monoisotopic (exact) mass is 330 g/mol. The van der Waals surface area contributed by atoms with E-state index in [2.05, 4.69) is 10.3 Å². The Balaban J connectivity index is 1.55. The Labute approximate surface area is 138 Å². The maximum Gasteiger partial charge on any atom is 0.306 e. The number of amides is 1. The average molecular weight is 330 g/mol. The Bertz CT molecular complexity index is 699. The van der Waals surface area contributed by atoms with Gasteiger partial charge in [-0.15, -0.1) is 11.3 Å². The van der Waals surface area contributed by atoms with Crippen LogP contribution in [0.5, 0.6) is 0 Å². The van der Waals surface area contributed by atoms with Crippen molar-refractivity contribution in [3.8, 4) is 10.6 Å². The van der Waals surface area contributed by atoms with E-state index in [0.717, 1.165) is 22.7 Å². The number of nitrogens with zero attached hydrogens (tertiary/aromatic N) is 1. The molecule has 23 heavy (non-hydrogen) atoms. The molecule has 1 aromatic heterocycles. The second kappa shape index (κ2) is 6.91. The molecule has 0 bridgehead atoms. The average Bonchev–Trinajstić information content (AvgIpc) is 3.18. The maximum atomic E-state index is 12.1. The zero-order valence-electron chi connectivity index (χ0n) is 12.6. The van der Waals surface area contributed by atoms with Gasteiger partial charge in [-0.3, -0.25) is 9.59 Å². The van der Waals surface area contributed by atoms with E-state index in [-0.39, 0.29) is 24.3 Å². The topological polar surface area (TPSA) is 79.3 Å². The van der Waals surface area contributed by atoms with Crippen molar-refractivity contribution in [3.63, 3.8) is 0 Å². The van der Waals surface area contributed by atoms with Gasteiger partial charge in [0, 0.05) is 17.0 Å². The third-order valence-corrected chi connectivity index (χ3v) is 5.00. The summed E-state index contributed by atoms with van der Waals surface area (Å²) in [5.41, 5.74) is 1.79. The van der Waals surface area contributed by atoms with Gasteiger partial charge >= 0.3 is 5.97 Å². The number of carboxylic acids is 1. The summed E-state index contributed by atoms with van der Waals surface area (Å²) in [6, 6.07) is 9.83. The van der Waals surface area contributed by atoms with Crippen molar-refractivity contribution >= 4 is 23.2 Å². The third-order valence-electron chi connectivity index (χ3n) is 4.06. The largest absolute Gasteiger partial charge is 0.481 e. The number of thiazole rings is 1. The van der Waals surface area contributed by atoms with Crippen LogP contribution >= 0.6 is 11.3 Å². The van der Waals surface area contributed by atoms with Crippen molar-refractivity contribution in [2.24, 2.45) is 5.92 Å². The number of carboxylic acid groups (broad SMARTS) is 1. The summed E-state index contributed by atoms with van der Waals surface area (Å²) in [5.74, 6) is -1.19. The van der Waals surface area contributed by atoms with E-state index in [9.17, 15) is 9.59 Å². The smallest absolute Gasteiger partial charge is 0.306 e. The van der Waals surface area contributed by atoms with Crippen molar-refractivity contribution in [3.05, 3.63) is 41.4 Å². The van der Waals surface area contributed by atoms with Crippen LogP contribution in [0.15, 0.2) is 35.7 Å². The fraction of sp³-hybridized carbons (Fsp3) is 0.353. The number of rotatable bonds is 5. The summed E-state index contributed by atoms with van der Waals surface area (Å²) in [6.07, 6.45) is 2.12. The van der Waals surface area contributed by atoms with Crippen LogP contribution in [0, 0.1) is 5.92 Å². The van der Waals surface area contributed by atoms with Gasteiger partial charge in [0.2, 0.25) is 5.91 Å². The van der Waals surface area contributed by atoms with Gasteiger partial charge in [0.1, 0.15) is 5.01 Å². The summed E-state index contributed by atoms with van der Waals surface area (Å²) in [6.45, 7) is 0. The molecule has 1 amide bonds. The Hall–Kier alpha value is -2.21. The highest BCUT2D eigenvalue weighted by molar-refractivity contribution is 7.13. The van der Waals surface area contributed by atoms with E-state index in [1.807, 2.05) is 35.7 Å². The molecule has 1 aliphatic rings. The first-order chi connectivity index (χ1) is 11.1. The van der Waals surface area contributed by atoms with Crippen LogP contribution in [0.1, 0.15) is 25.0 Å². The molecule has 2 atom stereocenters. The van der Waals surface area contributed by atoms with Gasteiger partial charge in [0.15, 0.2) is 0 Å². The van der Waals surface area contributed by atoms with Gasteiger partial charge in [-0.05, 0) is 19.3 Å². The van der Waals surface area contributed by atoms with Crippen molar-refractivity contribution < 1.29 is 14.7 Å². The molecule has 1 saturated carbocycles. The molecule has 0 radical (unpaired) electrons. The minimum absolute atomic E-state index is 0.0316.